The molecule has 0 fully saturated rings. The maximum atomic E-state index is 3.80. The maximum Gasteiger partial charge on any atom is 0.0464 e. The van der Waals surface area contributed by atoms with E-state index < -0.39 is 0 Å². The lowest BCUT2D eigenvalue weighted by atomic mass is 10.1. The minimum absolute atomic E-state index is 1.09. The molecule has 1 heterocycles. The summed E-state index contributed by atoms with van der Waals surface area (Å²) in [5.41, 5.74) is 3.47. The van der Waals surface area contributed by atoms with E-state index in [1.54, 1.807) is 0 Å². The van der Waals surface area contributed by atoms with Crippen molar-refractivity contribution < 1.29 is 0 Å². The highest BCUT2D eigenvalue weighted by molar-refractivity contribution is 5.92. The van der Waals surface area contributed by atoms with E-state index in [2.05, 4.69) is 35.8 Å². The molecule has 0 saturated heterocycles. The van der Waals surface area contributed by atoms with Crippen LogP contribution in [0, 0.1) is 0 Å². The lowest BCUT2D eigenvalue weighted by molar-refractivity contribution is 1.42. The van der Waals surface area contributed by atoms with Crippen molar-refractivity contribution in [3.8, 4) is 0 Å². The molecule has 1 heteroatoms. The summed E-state index contributed by atoms with van der Waals surface area (Å²) in [4.78, 5) is 3.33. The fourth-order valence-corrected chi connectivity index (χ4v) is 1.69. The van der Waals surface area contributed by atoms with Crippen LogP contribution in [-0.2, 0) is 0 Å². The highest BCUT2D eigenvalue weighted by Crippen LogP contribution is 2.24. The zero-order chi connectivity index (χ0) is 14.0. The molecule has 18 heavy (non-hydrogen) atoms. The van der Waals surface area contributed by atoms with Crippen LogP contribution in [0.15, 0.2) is 36.9 Å². The third kappa shape index (κ3) is 3.63. The molecule has 0 bridgehead atoms. The van der Waals surface area contributed by atoms with E-state index in [0.29, 0.717) is 0 Å². The van der Waals surface area contributed by atoms with Gasteiger partial charge in [0.25, 0.3) is 0 Å². The van der Waals surface area contributed by atoms with Crippen LogP contribution in [0.1, 0.15) is 45.9 Å². The zero-order valence-corrected chi connectivity index (χ0v) is 12.2. The lowest BCUT2D eigenvalue weighted by Gasteiger charge is -1.91. The van der Waals surface area contributed by atoms with Gasteiger partial charge in [-0.3, -0.25) is 0 Å². The van der Waals surface area contributed by atoms with Crippen molar-refractivity contribution >= 4 is 23.1 Å². The molecule has 1 aromatic carbocycles. The number of hydrogen-bond donors (Lipinski definition) is 1. The van der Waals surface area contributed by atoms with E-state index in [1.165, 1.54) is 10.9 Å². The number of fused-ring (bicyclic) bond motifs is 1. The molecule has 0 aliphatic rings. The van der Waals surface area contributed by atoms with Gasteiger partial charge in [-0.2, -0.15) is 0 Å². The molecule has 1 N–H and O–H groups in total. The first-order valence-electron chi connectivity index (χ1n) is 6.72. The number of aromatic amines is 1. The van der Waals surface area contributed by atoms with Crippen molar-refractivity contribution in [2.75, 3.05) is 0 Å². The van der Waals surface area contributed by atoms with Gasteiger partial charge in [0, 0.05) is 22.2 Å². The van der Waals surface area contributed by atoms with Crippen LogP contribution in [0.25, 0.3) is 23.1 Å². The first-order valence-corrected chi connectivity index (χ1v) is 6.72. The second kappa shape index (κ2) is 9.29. The number of benzene rings is 1. The summed E-state index contributed by atoms with van der Waals surface area (Å²) in [6.07, 6.45) is 6.01. The Morgan fingerprint density at radius 3 is 2.22 bits per heavy atom. The molecule has 0 spiro atoms. The highest BCUT2D eigenvalue weighted by atomic mass is 14.7. The summed E-state index contributed by atoms with van der Waals surface area (Å²) in [6.45, 7) is 13.8. The molecule has 0 aliphatic carbocycles. The van der Waals surface area contributed by atoms with Gasteiger partial charge in [0.2, 0.25) is 0 Å². The molecule has 2 rings (SSSR count). The summed E-state index contributed by atoms with van der Waals surface area (Å²) < 4.78 is 0. The molecule has 0 saturated carbocycles. The number of rotatable bonds is 2. The van der Waals surface area contributed by atoms with Gasteiger partial charge in [-0.25, -0.2) is 0 Å². The van der Waals surface area contributed by atoms with Crippen LogP contribution in [0.4, 0.5) is 0 Å². The summed E-state index contributed by atoms with van der Waals surface area (Å²) in [5.74, 6) is 0. The highest BCUT2D eigenvalue weighted by Gasteiger charge is 2.04. The van der Waals surface area contributed by atoms with Crippen LogP contribution in [0.3, 0.4) is 0 Å². The van der Waals surface area contributed by atoms with E-state index in [1.807, 2.05) is 52.8 Å². The predicted molar refractivity (Wildman–Crippen MR) is 85.8 cm³/mol. The van der Waals surface area contributed by atoms with Gasteiger partial charge in [-0.05, 0) is 19.1 Å². The summed E-state index contributed by atoms with van der Waals surface area (Å²) in [5, 5.41) is 1.25. The Morgan fingerprint density at radius 1 is 1.06 bits per heavy atom. The Balaban J connectivity index is 0.000000659. The number of hydrogen-bond acceptors (Lipinski definition) is 0. The Kier molecular flexibility index (Phi) is 8.38. The quantitative estimate of drug-likeness (QED) is 0.676. The van der Waals surface area contributed by atoms with Crippen molar-refractivity contribution in [1.29, 1.82) is 0 Å². The standard InChI is InChI=1S/C13H13N.2C2H6/c1-3-7-10-11-8-5-6-9-13(11)14-12(10)4-2;2*1-2/h3-9,14H,2H2,1H3;2*1-2H3/b7-3-;;. The summed E-state index contributed by atoms with van der Waals surface area (Å²) >= 11 is 0. The van der Waals surface area contributed by atoms with Gasteiger partial charge in [0.1, 0.15) is 0 Å². The maximum absolute atomic E-state index is 3.80. The minimum atomic E-state index is 1.09. The van der Waals surface area contributed by atoms with Crippen LogP contribution < -0.4 is 0 Å². The molecule has 1 aromatic heterocycles. The number of aromatic nitrogens is 1. The van der Waals surface area contributed by atoms with Gasteiger partial charge >= 0.3 is 0 Å². The summed E-state index contributed by atoms with van der Waals surface area (Å²) in [7, 11) is 0. The topological polar surface area (TPSA) is 15.8 Å². The lowest BCUT2D eigenvalue weighted by Crippen LogP contribution is -1.73. The average molecular weight is 243 g/mol. The molecule has 1 nitrogen and oxygen atoms in total. The van der Waals surface area contributed by atoms with Gasteiger partial charge in [-0.1, -0.05) is 64.6 Å². The third-order valence-electron chi connectivity index (χ3n) is 2.31. The summed E-state index contributed by atoms with van der Waals surface area (Å²) in [6, 6.07) is 8.28. The Morgan fingerprint density at radius 2 is 1.67 bits per heavy atom. The van der Waals surface area contributed by atoms with Gasteiger partial charge < -0.3 is 4.98 Å². The smallest absolute Gasteiger partial charge is 0.0464 e. The van der Waals surface area contributed by atoms with Crippen molar-refractivity contribution in [3.63, 3.8) is 0 Å². The fourth-order valence-electron chi connectivity index (χ4n) is 1.69. The van der Waals surface area contributed by atoms with E-state index in [0.717, 1.165) is 11.2 Å². The molecular formula is C17H25N. The number of H-pyrrole nitrogens is 1. The second-order valence-electron chi connectivity index (χ2n) is 3.20. The fraction of sp³-hybridized carbons (Fsp3) is 0.294. The molecule has 0 aliphatic heterocycles. The molecule has 0 amide bonds. The van der Waals surface area contributed by atoms with Crippen molar-refractivity contribution in [2.24, 2.45) is 0 Å². The third-order valence-corrected chi connectivity index (χ3v) is 2.31. The minimum Gasteiger partial charge on any atom is -0.355 e. The van der Waals surface area contributed by atoms with Crippen molar-refractivity contribution in [3.05, 3.63) is 48.2 Å². The van der Waals surface area contributed by atoms with Gasteiger partial charge in [-0.15, -0.1) is 0 Å². The molecule has 98 valence electrons. The van der Waals surface area contributed by atoms with Crippen LogP contribution in [0.5, 0.6) is 0 Å². The number of para-hydroxylation sites is 1. The second-order valence-corrected chi connectivity index (χ2v) is 3.20. The van der Waals surface area contributed by atoms with E-state index >= 15 is 0 Å². The average Bonchev–Trinajstić information content (AvgIpc) is 2.82. The Hall–Kier alpha value is -1.76. The molecule has 0 unspecified atom stereocenters. The Bertz CT molecular complexity index is 489. The van der Waals surface area contributed by atoms with Gasteiger partial charge in [0.15, 0.2) is 0 Å². The van der Waals surface area contributed by atoms with Gasteiger partial charge in [0.05, 0.1) is 0 Å². The van der Waals surface area contributed by atoms with E-state index in [4.69, 9.17) is 0 Å². The van der Waals surface area contributed by atoms with E-state index in [-0.39, 0.29) is 0 Å². The van der Waals surface area contributed by atoms with Crippen molar-refractivity contribution in [2.45, 2.75) is 34.6 Å². The zero-order valence-electron chi connectivity index (χ0n) is 12.2. The van der Waals surface area contributed by atoms with Crippen molar-refractivity contribution in [1.82, 2.24) is 4.98 Å². The Labute approximate surface area is 111 Å². The molecule has 2 aromatic rings. The largest absolute Gasteiger partial charge is 0.355 e. The first-order chi connectivity index (χ1) is 8.86. The predicted octanol–water partition coefficient (Wildman–Crippen LogP) is 5.90. The molecule has 0 atom stereocenters. The molecule has 0 radical (unpaired) electrons. The van der Waals surface area contributed by atoms with Crippen LogP contribution >= 0.6 is 0 Å². The normalized spacial score (nSPS) is 9.39. The molecular weight excluding hydrogens is 218 g/mol. The monoisotopic (exact) mass is 243 g/mol. The van der Waals surface area contributed by atoms with Crippen LogP contribution in [0.2, 0.25) is 0 Å². The first kappa shape index (κ1) is 16.2. The SMILES string of the molecule is C=Cc1[nH]c2ccccc2c1/C=C\C.CC.CC. The number of nitrogens with one attached hydrogen (secondary N) is 1. The van der Waals surface area contributed by atoms with E-state index in [9.17, 15) is 0 Å². The van der Waals surface area contributed by atoms with Crippen LogP contribution in [-0.4, -0.2) is 4.98 Å². The number of allylic oxidation sites excluding steroid dienone is 1.